The van der Waals surface area contributed by atoms with Crippen LogP contribution in [0.1, 0.15) is 20.8 Å². The highest BCUT2D eigenvalue weighted by molar-refractivity contribution is 5.32. The molecule has 0 bridgehead atoms. The molecule has 0 saturated carbocycles. The lowest BCUT2D eigenvalue weighted by Crippen LogP contribution is -2.36. The highest BCUT2D eigenvalue weighted by Crippen LogP contribution is 2.01. The molecule has 4 heteroatoms. The Morgan fingerprint density at radius 3 is 1.64 bits per heavy atom. The minimum Gasteiger partial charge on any atom is -0.483 e. The summed E-state index contributed by atoms with van der Waals surface area (Å²) in [4.78, 5) is 8.36. The number of carboxylic acid groups (broad SMARTS) is 1. The van der Waals surface area contributed by atoms with E-state index in [1.807, 2.05) is 13.8 Å². The molecule has 0 aliphatic heterocycles. The lowest BCUT2D eigenvalue weighted by Gasteiger charge is -2.17. The van der Waals surface area contributed by atoms with E-state index in [-0.39, 0.29) is 18.6 Å². The van der Waals surface area contributed by atoms with Gasteiger partial charge in [-0.1, -0.05) is 13.8 Å². The predicted molar refractivity (Wildman–Crippen MR) is 43.2 cm³/mol. The Labute approximate surface area is 67.0 Å². The molecule has 0 aliphatic carbocycles. The molecule has 0 saturated heterocycles. The second-order valence-corrected chi connectivity index (χ2v) is 2.67. The van der Waals surface area contributed by atoms with Gasteiger partial charge in [0.1, 0.15) is 0 Å². The molecular formula is C7H17NO3. The average molecular weight is 163 g/mol. The van der Waals surface area contributed by atoms with Crippen LogP contribution >= 0.6 is 0 Å². The van der Waals surface area contributed by atoms with Crippen LogP contribution in [0.2, 0.25) is 0 Å². The molecule has 0 rings (SSSR count). The highest BCUT2D eigenvalue weighted by Gasteiger charge is 2.11. The third kappa shape index (κ3) is 9.39. The van der Waals surface area contributed by atoms with E-state index in [0.29, 0.717) is 5.92 Å². The number of carbonyl (C=O) groups is 1. The fourth-order valence-corrected chi connectivity index (χ4v) is 0.557. The lowest BCUT2D eigenvalue weighted by molar-refractivity contribution is -0.122. The third-order valence-electron chi connectivity index (χ3n) is 1.33. The van der Waals surface area contributed by atoms with E-state index in [1.165, 1.54) is 0 Å². The third-order valence-corrected chi connectivity index (χ3v) is 1.33. The van der Waals surface area contributed by atoms with E-state index in [0.717, 1.165) is 0 Å². The highest BCUT2D eigenvalue weighted by atomic mass is 16.3. The molecule has 0 radical (unpaired) electrons. The van der Waals surface area contributed by atoms with Crippen molar-refractivity contribution >= 4 is 6.47 Å². The van der Waals surface area contributed by atoms with E-state index in [1.54, 1.807) is 6.92 Å². The van der Waals surface area contributed by atoms with Gasteiger partial charge in [0.25, 0.3) is 6.47 Å². The zero-order valence-electron chi connectivity index (χ0n) is 7.19. The van der Waals surface area contributed by atoms with Crippen LogP contribution in [0.5, 0.6) is 0 Å². The van der Waals surface area contributed by atoms with Crippen molar-refractivity contribution in [1.82, 2.24) is 0 Å². The van der Waals surface area contributed by atoms with Crippen molar-refractivity contribution in [1.29, 1.82) is 0 Å². The second kappa shape index (κ2) is 7.50. The van der Waals surface area contributed by atoms with Crippen LogP contribution in [-0.2, 0) is 4.79 Å². The maximum absolute atomic E-state index is 8.87. The first-order valence-electron chi connectivity index (χ1n) is 3.48. The van der Waals surface area contributed by atoms with Crippen molar-refractivity contribution in [3.05, 3.63) is 0 Å². The van der Waals surface area contributed by atoms with E-state index >= 15 is 0 Å². The smallest absolute Gasteiger partial charge is 0.290 e. The Balaban J connectivity index is 0. The van der Waals surface area contributed by atoms with Crippen molar-refractivity contribution in [3.8, 4) is 0 Å². The Morgan fingerprint density at radius 1 is 1.36 bits per heavy atom. The van der Waals surface area contributed by atoms with Crippen molar-refractivity contribution in [2.45, 2.75) is 32.9 Å². The molecule has 0 aromatic carbocycles. The molecule has 2 unspecified atom stereocenters. The van der Waals surface area contributed by atoms with Gasteiger partial charge in [0.05, 0.1) is 6.10 Å². The summed E-state index contributed by atoms with van der Waals surface area (Å²) in [7, 11) is 0. The van der Waals surface area contributed by atoms with Crippen LogP contribution in [0.4, 0.5) is 0 Å². The zero-order chi connectivity index (χ0) is 9.44. The normalized spacial score (nSPS) is 14.7. The zero-order valence-corrected chi connectivity index (χ0v) is 7.19. The molecule has 0 spiro atoms. The van der Waals surface area contributed by atoms with Gasteiger partial charge in [-0.15, -0.1) is 0 Å². The molecule has 11 heavy (non-hydrogen) atoms. The number of aliphatic hydroxyl groups is 1. The van der Waals surface area contributed by atoms with Gasteiger partial charge in [-0.25, -0.2) is 0 Å². The van der Waals surface area contributed by atoms with Crippen LogP contribution in [0.15, 0.2) is 0 Å². The van der Waals surface area contributed by atoms with Crippen molar-refractivity contribution in [3.63, 3.8) is 0 Å². The summed E-state index contributed by atoms with van der Waals surface area (Å²) in [6, 6.07) is -0.0741. The number of hydrogen-bond donors (Lipinski definition) is 3. The van der Waals surface area contributed by atoms with Crippen molar-refractivity contribution in [2.24, 2.45) is 11.7 Å². The predicted octanol–water partition coefficient (Wildman–Crippen LogP) is 0.0513. The van der Waals surface area contributed by atoms with Crippen LogP contribution < -0.4 is 5.73 Å². The Hall–Kier alpha value is -0.610. The minimum absolute atomic E-state index is 0.0741. The summed E-state index contributed by atoms with van der Waals surface area (Å²) in [5.74, 6) is 0.370. The first-order chi connectivity index (χ1) is 4.97. The average Bonchev–Trinajstić information content (AvgIpc) is 1.87. The van der Waals surface area contributed by atoms with E-state index in [4.69, 9.17) is 20.7 Å². The summed E-state index contributed by atoms with van der Waals surface area (Å²) in [6.45, 7) is 5.46. The van der Waals surface area contributed by atoms with Gasteiger partial charge in [-0.3, -0.25) is 4.79 Å². The maximum Gasteiger partial charge on any atom is 0.290 e. The first kappa shape index (κ1) is 13.0. The Bertz CT molecular complexity index is 85.7. The van der Waals surface area contributed by atoms with Gasteiger partial charge in [0.2, 0.25) is 0 Å². The molecule has 0 amide bonds. The Kier molecular flexibility index (Phi) is 8.87. The molecule has 4 N–H and O–H groups in total. The summed E-state index contributed by atoms with van der Waals surface area (Å²) < 4.78 is 0. The molecule has 0 aromatic rings. The topological polar surface area (TPSA) is 83.5 Å². The molecule has 68 valence electrons. The van der Waals surface area contributed by atoms with Gasteiger partial charge >= 0.3 is 0 Å². The summed E-state index contributed by atoms with van der Waals surface area (Å²) >= 11 is 0. The van der Waals surface area contributed by atoms with Crippen LogP contribution in [0.3, 0.4) is 0 Å². The van der Waals surface area contributed by atoms with Crippen LogP contribution in [0.25, 0.3) is 0 Å². The van der Waals surface area contributed by atoms with Crippen LogP contribution in [0, 0.1) is 5.92 Å². The monoisotopic (exact) mass is 163 g/mol. The number of rotatable bonds is 2. The summed E-state index contributed by atoms with van der Waals surface area (Å²) in [6.07, 6.45) is -0.380. The minimum atomic E-state index is -0.380. The molecular weight excluding hydrogens is 146 g/mol. The number of nitrogens with two attached hydrogens (primary N) is 1. The van der Waals surface area contributed by atoms with Gasteiger partial charge in [-0.2, -0.15) is 0 Å². The Morgan fingerprint density at radius 2 is 1.64 bits per heavy atom. The molecule has 0 aromatic heterocycles. The molecule has 4 nitrogen and oxygen atoms in total. The van der Waals surface area contributed by atoms with Crippen molar-refractivity contribution < 1.29 is 15.0 Å². The summed E-state index contributed by atoms with van der Waals surface area (Å²) in [5, 5.41) is 15.8. The van der Waals surface area contributed by atoms with Gasteiger partial charge in [0.15, 0.2) is 0 Å². The first-order valence-corrected chi connectivity index (χ1v) is 3.48. The van der Waals surface area contributed by atoms with Gasteiger partial charge in [-0.05, 0) is 12.8 Å². The summed E-state index contributed by atoms with van der Waals surface area (Å²) in [5.41, 5.74) is 5.51. The molecule has 0 aliphatic rings. The second-order valence-electron chi connectivity index (χ2n) is 2.67. The van der Waals surface area contributed by atoms with E-state index < -0.39 is 0 Å². The van der Waals surface area contributed by atoms with Gasteiger partial charge < -0.3 is 15.9 Å². The fraction of sp³-hybridized carbons (Fsp3) is 0.857. The molecule has 2 atom stereocenters. The standard InChI is InChI=1S/C6H15NO.CH2O2/c1-4(2)6(7)5(3)8;2-1-3/h4-6,8H,7H2,1-3H3;1H,(H,2,3). The fourth-order valence-electron chi connectivity index (χ4n) is 0.557. The molecule has 0 fully saturated rings. The SMILES string of the molecule is CC(C)C(N)C(C)O.O=CO. The molecule has 0 heterocycles. The van der Waals surface area contributed by atoms with Crippen molar-refractivity contribution in [2.75, 3.05) is 0 Å². The van der Waals surface area contributed by atoms with Gasteiger partial charge in [0, 0.05) is 6.04 Å². The quantitative estimate of drug-likeness (QED) is 0.502. The van der Waals surface area contributed by atoms with Crippen LogP contribution in [-0.4, -0.2) is 28.8 Å². The largest absolute Gasteiger partial charge is 0.483 e. The van der Waals surface area contributed by atoms with E-state index in [2.05, 4.69) is 0 Å². The number of aliphatic hydroxyl groups excluding tert-OH is 1. The van der Waals surface area contributed by atoms with E-state index in [9.17, 15) is 0 Å². The maximum atomic E-state index is 8.87. The number of hydrogen-bond acceptors (Lipinski definition) is 3. The lowest BCUT2D eigenvalue weighted by atomic mass is 10.0.